The average Bonchev–Trinajstić information content (AvgIpc) is 2.19. The minimum absolute atomic E-state index is 0.0322. The number of aliphatic carboxylic acids is 1. The second-order valence-electron chi connectivity index (χ2n) is 4.90. The first-order chi connectivity index (χ1) is 8.72. The normalized spacial score (nSPS) is 17.3. The smallest absolute Gasteiger partial charge is 0.314 e. The van der Waals surface area contributed by atoms with E-state index < -0.39 is 22.0 Å². The quantitative estimate of drug-likeness (QED) is 0.487. The summed E-state index contributed by atoms with van der Waals surface area (Å²) < 4.78 is 21.3. The Balaban J connectivity index is 2.27. The van der Waals surface area contributed by atoms with Gasteiger partial charge in [0.1, 0.15) is 0 Å². The van der Waals surface area contributed by atoms with Crippen LogP contribution in [0.4, 0.5) is 4.79 Å². The van der Waals surface area contributed by atoms with Crippen LogP contribution in [-0.4, -0.2) is 44.4 Å². The number of nitrogens with one attached hydrogen (secondary N) is 2. The number of carbonyl (C=O) groups is 2. The Hall–Kier alpha value is -1.35. The van der Waals surface area contributed by atoms with Crippen LogP contribution in [0.15, 0.2) is 0 Å². The zero-order valence-electron chi connectivity index (χ0n) is 10.5. The molecule has 0 radical (unpaired) electrons. The van der Waals surface area contributed by atoms with Crippen LogP contribution in [0.25, 0.3) is 0 Å². The molecule has 0 saturated heterocycles. The van der Waals surface area contributed by atoms with Crippen LogP contribution in [0, 0.1) is 5.41 Å². The number of carbonyl (C=O) groups excluding carboxylic acids is 1. The number of carboxylic acids is 1. The predicted octanol–water partition coefficient (Wildman–Crippen LogP) is -0.781. The van der Waals surface area contributed by atoms with E-state index in [4.69, 9.17) is 10.2 Å². The summed E-state index contributed by atoms with van der Waals surface area (Å²) in [5.41, 5.74) is -0.358. The molecule has 0 atom stereocenters. The molecule has 1 saturated carbocycles. The highest BCUT2D eigenvalue weighted by molar-refractivity contribution is 7.89. The average molecular weight is 293 g/mol. The van der Waals surface area contributed by atoms with Crippen LogP contribution in [0.2, 0.25) is 0 Å². The van der Waals surface area contributed by atoms with Crippen LogP contribution in [0.3, 0.4) is 0 Å². The summed E-state index contributed by atoms with van der Waals surface area (Å²) in [7, 11) is -3.59. The fourth-order valence-electron chi connectivity index (χ4n) is 2.05. The lowest BCUT2D eigenvalue weighted by Crippen LogP contribution is -2.47. The van der Waals surface area contributed by atoms with Crippen molar-refractivity contribution >= 4 is 22.0 Å². The lowest BCUT2D eigenvalue weighted by Gasteiger charge is -2.40. The van der Waals surface area contributed by atoms with Gasteiger partial charge in [0.15, 0.2) is 0 Å². The van der Waals surface area contributed by atoms with Gasteiger partial charge in [0.05, 0.1) is 12.2 Å². The Labute approximate surface area is 111 Å². The molecular formula is C10H19N3O5S. The fraction of sp³-hybridized carbons (Fsp3) is 0.800. The summed E-state index contributed by atoms with van der Waals surface area (Å²) in [5.74, 6) is -1.21. The van der Waals surface area contributed by atoms with Crippen molar-refractivity contribution in [3.8, 4) is 0 Å². The summed E-state index contributed by atoms with van der Waals surface area (Å²) in [4.78, 5) is 22.1. The van der Waals surface area contributed by atoms with Crippen LogP contribution < -0.4 is 15.8 Å². The summed E-state index contributed by atoms with van der Waals surface area (Å²) in [6, 6.07) is -0.514. The van der Waals surface area contributed by atoms with Crippen molar-refractivity contribution in [1.29, 1.82) is 0 Å². The maximum Gasteiger partial charge on any atom is 0.314 e. The van der Waals surface area contributed by atoms with Gasteiger partial charge < -0.3 is 15.7 Å². The Morgan fingerprint density at radius 1 is 1.26 bits per heavy atom. The van der Waals surface area contributed by atoms with Gasteiger partial charge in [-0.1, -0.05) is 6.42 Å². The van der Waals surface area contributed by atoms with Gasteiger partial charge in [0.25, 0.3) is 0 Å². The first-order valence-corrected chi connectivity index (χ1v) is 7.68. The van der Waals surface area contributed by atoms with Crippen LogP contribution >= 0.6 is 0 Å². The molecule has 0 unspecified atom stereocenters. The molecule has 8 nitrogen and oxygen atoms in total. The lowest BCUT2D eigenvalue weighted by molar-refractivity contribution is -0.141. The zero-order chi connectivity index (χ0) is 14.5. The Morgan fingerprint density at radius 2 is 1.89 bits per heavy atom. The van der Waals surface area contributed by atoms with Gasteiger partial charge in [-0.3, -0.25) is 4.79 Å². The molecule has 9 heteroatoms. The van der Waals surface area contributed by atoms with Gasteiger partial charge in [0, 0.05) is 13.1 Å². The second-order valence-corrected chi connectivity index (χ2v) is 6.63. The van der Waals surface area contributed by atoms with Crippen molar-refractivity contribution < 1.29 is 23.1 Å². The van der Waals surface area contributed by atoms with Crippen molar-refractivity contribution in [2.45, 2.75) is 25.7 Å². The van der Waals surface area contributed by atoms with E-state index in [2.05, 4.69) is 10.6 Å². The number of primary sulfonamides is 1. The Kier molecular flexibility index (Phi) is 5.12. The number of hydrogen-bond donors (Lipinski definition) is 4. The van der Waals surface area contributed by atoms with Crippen molar-refractivity contribution in [1.82, 2.24) is 10.6 Å². The minimum atomic E-state index is -3.59. The topological polar surface area (TPSA) is 139 Å². The molecule has 1 aliphatic rings. The fourth-order valence-corrected chi connectivity index (χ4v) is 2.44. The third kappa shape index (κ3) is 5.88. The number of carboxylic acid groups (broad SMARTS) is 1. The van der Waals surface area contributed by atoms with Crippen LogP contribution in [0.5, 0.6) is 0 Å². The summed E-state index contributed by atoms with van der Waals surface area (Å²) in [6.07, 6.45) is 2.54. The molecule has 19 heavy (non-hydrogen) atoms. The first-order valence-electron chi connectivity index (χ1n) is 5.96. The third-order valence-corrected chi connectivity index (χ3v) is 4.01. The van der Waals surface area contributed by atoms with E-state index >= 15 is 0 Å². The zero-order valence-corrected chi connectivity index (χ0v) is 11.3. The van der Waals surface area contributed by atoms with Gasteiger partial charge >= 0.3 is 12.0 Å². The molecule has 0 bridgehead atoms. The molecular weight excluding hydrogens is 274 g/mol. The second kappa shape index (κ2) is 6.20. The Morgan fingerprint density at radius 3 is 2.32 bits per heavy atom. The van der Waals surface area contributed by atoms with Gasteiger partial charge in [-0.05, 0) is 18.3 Å². The monoisotopic (exact) mass is 293 g/mol. The number of amides is 2. The largest absolute Gasteiger partial charge is 0.481 e. The van der Waals surface area contributed by atoms with E-state index in [1.807, 2.05) is 0 Å². The third-order valence-electron chi connectivity index (χ3n) is 3.24. The number of sulfonamides is 1. The van der Waals surface area contributed by atoms with Gasteiger partial charge in [0.2, 0.25) is 10.0 Å². The lowest BCUT2D eigenvalue weighted by atomic mass is 9.66. The molecule has 0 spiro atoms. The Bertz CT molecular complexity index is 444. The number of nitrogens with two attached hydrogens (primary N) is 1. The van der Waals surface area contributed by atoms with Crippen molar-refractivity contribution in [2.24, 2.45) is 10.6 Å². The molecule has 1 fully saturated rings. The first kappa shape index (κ1) is 15.7. The highest BCUT2D eigenvalue weighted by Gasteiger charge is 2.39. The van der Waals surface area contributed by atoms with Crippen molar-refractivity contribution in [3.05, 3.63) is 0 Å². The number of rotatable bonds is 7. The van der Waals surface area contributed by atoms with E-state index in [1.165, 1.54) is 0 Å². The highest BCUT2D eigenvalue weighted by atomic mass is 32.2. The molecule has 1 aliphatic carbocycles. The predicted molar refractivity (Wildman–Crippen MR) is 67.9 cm³/mol. The summed E-state index contributed by atoms with van der Waals surface area (Å²) >= 11 is 0. The van der Waals surface area contributed by atoms with Crippen molar-refractivity contribution in [3.63, 3.8) is 0 Å². The van der Waals surface area contributed by atoms with Crippen LogP contribution in [-0.2, 0) is 14.8 Å². The molecule has 5 N–H and O–H groups in total. The number of hydrogen-bond acceptors (Lipinski definition) is 4. The molecule has 1 rings (SSSR count). The van der Waals surface area contributed by atoms with Gasteiger partial charge in [-0.2, -0.15) is 0 Å². The molecule has 0 aromatic rings. The molecule has 0 heterocycles. The summed E-state index contributed by atoms with van der Waals surface area (Å²) in [5, 5.41) is 18.5. The molecule has 2 amide bonds. The van der Waals surface area contributed by atoms with Crippen molar-refractivity contribution in [2.75, 3.05) is 18.8 Å². The highest BCUT2D eigenvalue weighted by Crippen LogP contribution is 2.43. The van der Waals surface area contributed by atoms with E-state index in [9.17, 15) is 18.0 Å². The molecule has 0 aromatic carbocycles. The van der Waals surface area contributed by atoms with Gasteiger partial charge in [-0.15, -0.1) is 0 Å². The van der Waals surface area contributed by atoms with E-state index in [1.54, 1.807) is 0 Å². The SMILES string of the molecule is NS(=O)(=O)CCNC(=O)NCC1(CC(=O)O)CCC1. The molecule has 0 aliphatic heterocycles. The standard InChI is InChI=1S/C10H19N3O5S/c11-19(17,18)5-4-12-9(16)13-7-10(2-1-3-10)6-8(14)15/h1-7H2,(H,14,15)(H2,11,17,18)(H2,12,13,16). The molecule has 0 aromatic heterocycles. The van der Waals surface area contributed by atoms with E-state index in [0.717, 1.165) is 19.3 Å². The van der Waals surface area contributed by atoms with Crippen LogP contribution in [0.1, 0.15) is 25.7 Å². The minimum Gasteiger partial charge on any atom is -0.481 e. The summed E-state index contributed by atoms with van der Waals surface area (Å²) in [6.45, 7) is 0.205. The maximum absolute atomic E-state index is 11.4. The van der Waals surface area contributed by atoms with E-state index in [0.29, 0.717) is 0 Å². The van der Waals surface area contributed by atoms with E-state index in [-0.39, 0.29) is 30.7 Å². The maximum atomic E-state index is 11.4. The number of urea groups is 1. The van der Waals surface area contributed by atoms with Gasteiger partial charge in [-0.25, -0.2) is 18.4 Å². The molecule has 110 valence electrons.